The topological polar surface area (TPSA) is 75.7 Å². The average Bonchev–Trinajstić information content (AvgIpc) is 3.13. The Kier molecular flexibility index (Phi) is 9.76. The van der Waals surface area contributed by atoms with Crippen molar-refractivity contribution in [1.82, 2.24) is 0 Å². The summed E-state index contributed by atoms with van der Waals surface area (Å²) in [6.45, 7) is 2.50. The summed E-state index contributed by atoms with van der Waals surface area (Å²) >= 11 is 0. The van der Waals surface area contributed by atoms with Gasteiger partial charge in [-0.2, -0.15) is 0 Å². The molecule has 0 saturated heterocycles. The summed E-state index contributed by atoms with van der Waals surface area (Å²) in [4.78, 5) is 39.8. The van der Waals surface area contributed by atoms with Crippen LogP contribution < -0.4 is 10.2 Å². The van der Waals surface area contributed by atoms with E-state index in [1.807, 2.05) is 0 Å². The van der Waals surface area contributed by atoms with Gasteiger partial charge in [-0.1, -0.05) is 70.1 Å². The highest BCUT2D eigenvalue weighted by atomic mass is 19.1. The van der Waals surface area contributed by atoms with Gasteiger partial charge in [-0.05, 0) is 42.3 Å². The van der Waals surface area contributed by atoms with Crippen LogP contribution in [0, 0.1) is 5.82 Å². The SMILES string of the molecule is CCCCCCCCCCOCC(=O)C1C(=O)N(C(=O)Nc2ccc(F)cc2)c2ccccc21. The Morgan fingerprint density at radius 1 is 0.941 bits per heavy atom. The summed E-state index contributed by atoms with van der Waals surface area (Å²) in [5, 5.41) is 2.59. The molecule has 1 atom stereocenters. The molecule has 2 aromatic carbocycles. The first-order valence-corrected chi connectivity index (χ1v) is 12.1. The Labute approximate surface area is 200 Å². The number of amides is 3. The molecule has 0 fully saturated rings. The smallest absolute Gasteiger partial charge is 0.333 e. The predicted molar refractivity (Wildman–Crippen MR) is 131 cm³/mol. The first-order valence-electron chi connectivity index (χ1n) is 12.1. The predicted octanol–water partition coefficient (Wildman–Crippen LogP) is 6.21. The monoisotopic (exact) mass is 468 g/mol. The van der Waals surface area contributed by atoms with Crippen molar-refractivity contribution in [3.8, 4) is 0 Å². The standard InChI is InChI=1S/C27H33FN2O4/c1-2-3-4-5-6-7-8-11-18-34-19-24(31)25-22-12-9-10-13-23(22)30(26(25)32)27(33)29-21-16-14-20(28)15-17-21/h9-10,12-17,25H,2-8,11,18-19H2,1H3,(H,29,33). The van der Waals surface area contributed by atoms with E-state index in [4.69, 9.17) is 4.74 Å². The molecule has 3 rings (SSSR count). The van der Waals surface area contributed by atoms with Gasteiger partial charge in [-0.15, -0.1) is 0 Å². The van der Waals surface area contributed by atoms with Crippen molar-refractivity contribution in [3.05, 3.63) is 59.9 Å². The van der Waals surface area contributed by atoms with Crippen LogP contribution in [0.3, 0.4) is 0 Å². The number of unbranched alkanes of at least 4 members (excludes halogenated alkanes) is 7. The summed E-state index contributed by atoms with van der Waals surface area (Å²) < 4.78 is 18.7. The van der Waals surface area contributed by atoms with Crippen molar-refractivity contribution < 1.29 is 23.5 Å². The number of hydrogen-bond acceptors (Lipinski definition) is 4. The number of urea groups is 1. The molecule has 1 aliphatic rings. The van der Waals surface area contributed by atoms with Crippen molar-refractivity contribution in [1.29, 1.82) is 0 Å². The van der Waals surface area contributed by atoms with Crippen LogP contribution in [0.15, 0.2) is 48.5 Å². The Hall–Kier alpha value is -3.06. The van der Waals surface area contributed by atoms with Crippen molar-refractivity contribution in [3.63, 3.8) is 0 Å². The second-order valence-corrected chi connectivity index (χ2v) is 8.60. The van der Waals surface area contributed by atoms with E-state index in [0.29, 0.717) is 23.5 Å². The number of hydrogen-bond donors (Lipinski definition) is 1. The van der Waals surface area contributed by atoms with Gasteiger partial charge in [0.05, 0.1) is 5.69 Å². The van der Waals surface area contributed by atoms with Crippen LogP contribution >= 0.6 is 0 Å². The summed E-state index contributed by atoms with van der Waals surface area (Å²) in [7, 11) is 0. The maximum atomic E-state index is 13.1. The van der Waals surface area contributed by atoms with Gasteiger partial charge in [0.1, 0.15) is 18.3 Å². The number of carbonyl (C=O) groups is 3. The van der Waals surface area contributed by atoms with Crippen LogP contribution in [0.25, 0.3) is 0 Å². The van der Waals surface area contributed by atoms with Gasteiger partial charge in [-0.25, -0.2) is 14.1 Å². The normalized spacial score (nSPS) is 14.8. The third-order valence-electron chi connectivity index (χ3n) is 5.96. The fraction of sp³-hybridized carbons (Fsp3) is 0.444. The first kappa shape index (κ1) is 25.6. The van der Waals surface area contributed by atoms with Crippen LogP contribution in [-0.2, 0) is 14.3 Å². The highest BCUT2D eigenvalue weighted by Crippen LogP contribution is 2.38. The number of benzene rings is 2. The molecule has 0 aliphatic carbocycles. The molecule has 0 saturated carbocycles. The molecule has 1 unspecified atom stereocenters. The largest absolute Gasteiger partial charge is 0.374 e. The lowest BCUT2D eigenvalue weighted by atomic mass is 9.96. The maximum Gasteiger partial charge on any atom is 0.333 e. The second-order valence-electron chi connectivity index (χ2n) is 8.60. The van der Waals surface area contributed by atoms with Crippen LogP contribution in [0.2, 0.25) is 0 Å². The van der Waals surface area contributed by atoms with E-state index >= 15 is 0 Å². The lowest BCUT2D eigenvalue weighted by Crippen LogP contribution is -2.40. The van der Waals surface area contributed by atoms with Crippen molar-refractivity contribution in [2.24, 2.45) is 0 Å². The molecule has 34 heavy (non-hydrogen) atoms. The summed E-state index contributed by atoms with van der Waals surface area (Å²) in [5.74, 6) is -2.48. The van der Waals surface area contributed by atoms with Gasteiger partial charge < -0.3 is 10.1 Å². The molecule has 0 bridgehead atoms. The molecular formula is C27H33FN2O4. The Bertz CT molecular complexity index is 977. The molecule has 1 aliphatic heterocycles. The third-order valence-corrected chi connectivity index (χ3v) is 5.96. The quantitative estimate of drug-likeness (QED) is 0.280. The molecule has 0 aromatic heterocycles. The zero-order valence-electron chi connectivity index (χ0n) is 19.7. The summed E-state index contributed by atoms with van der Waals surface area (Å²) in [6, 6.07) is 11.3. The number of carbonyl (C=O) groups excluding carboxylic acids is 3. The molecule has 2 aromatic rings. The fourth-order valence-electron chi connectivity index (χ4n) is 4.14. The number of ether oxygens (including phenoxy) is 1. The molecule has 1 heterocycles. The maximum absolute atomic E-state index is 13.1. The van der Waals surface area contributed by atoms with Crippen LogP contribution in [0.5, 0.6) is 0 Å². The van der Waals surface area contributed by atoms with E-state index in [0.717, 1.165) is 24.2 Å². The van der Waals surface area contributed by atoms with E-state index in [1.165, 1.54) is 56.4 Å². The van der Waals surface area contributed by atoms with E-state index in [1.54, 1.807) is 24.3 Å². The number of Topliss-reactive ketones (excluding diaryl/α,β-unsaturated/α-hetero) is 1. The molecule has 1 N–H and O–H groups in total. The van der Waals surface area contributed by atoms with Gasteiger partial charge in [0.2, 0.25) is 5.91 Å². The van der Waals surface area contributed by atoms with Crippen molar-refractivity contribution >= 4 is 29.1 Å². The van der Waals surface area contributed by atoms with Crippen molar-refractivity contribution in [2.45, 2.75) is 64.2 Å². The summed E-state index contributed by atoms with van der Waals surface area (Å²) in [5.41, 5.74) is 1.20. The zero-order chi connectivity index (χ0) is 24.3. The highest BCUT2D eigenvalue weighted by Gasteiger charge is 2.44. The van der Waals surface area contributed by atoms with E-state index in [2.05, 4.69) is 12.2 Å². The summed E-state index contributed by atoms with van der Waals surface area (Å²) in [6.07, 6.45) is 9.41. The van der Waals surface area contributed by atoms with Crippen LogP contribution in [0.4, 0.5) is 20.6 Å². The Morgan fingerprint density at radius 3 is 2.29 bits per heavy atom. The fourth-order valence-corrected chi connectivity index (χ4v) is 4.14. The molecular weight excluding hydrogens is 435 g/mol. The molecule has 0 spiro atoms. The molecule has 6 nitrogen and oxygen atoms in total. The van der Waals surface area contributed by atoms with Gasteiger partial charge in [0.15, 0.2) is 5.78 Å². The zero-order valence-corrected chi connectivity index (χ0v) is 19.7. The number of nitrogens with one attached hydrogen (secondary N) is 1. The van der Waals surface area contributed by atoms with Crippen molar-refractivity contribution in [2.75, 3.05) is 23.4 Å². The van der Waals surface area contributed by atoms with Crippen LogP contribution in [-0.4, -0.2) is 30.9 Å². The molecule has 7 heteroatoms. The van der Waals surface area contributed by atoms with Gasteiger partial charge in [0, 0.05) is 12.3 Å². The number of fused-ring (bicyclic) bond motifs is 1. The van der Waals surface area contributed by atoms with Gasteiger partial charge >= 0.3 is 6.03 Å². The van der Waals surface area contributed by atoms with Crippen LogP contribution in [0.1, 0.15) is 69.8 Å². The van der Waals surface area contributed by atoms with E-state index in [-0.39, 0.29) is 12.4 Å². The second kappa shape index (κ2) is 13.0. The number of nitrogens with zero attached hydrogens (tertiary/aromatic N) is 1. The molecule has 0 radical (unpaired) electrons. The number of para-hydroxylation sites is 1. The first-order chi connectivity index (χ1) is 16.5. The third kappa shape index (κ3) is 6.73. The number of imide groups is 1. The highest BCUT2D eigenvalue weighted by molar-refractivity contribution is 6.29. The minimum Gasteiger partial charge on any atom is -0.374 e. The lowest BCUT2D eigenvalue weighted by molar-refractivity contribution is -0.130. The number of rotatable bonds is 13. The Morgan fingerprint density at radius 2 is 1.59 bits per heavy atom. The lowest BCUT2D eigenvalue weighted by Gasteiger charge is -2.17. The van der Waals surface area contributed by atoms with E-state index in [9.17, 15) is 18.8 Å². The molecule has 3 amide bonds. The van der Waals surface area contributed by atoms with Gasteiger partial charge in [-0.3, -0.25) is 9.59 Å². The average molecular weight is 469 g/mol. The Balaban J connectivity index is 1.51. The van der Waals surface area contributed by atoms with E-state index < -0.39 is 23.7 Å². The molecule has 182 valence electrons. The van der Waals surface area contributed by atoms with Gasteiger partial charge in [0.25, 0.3) is 0 Å². The number of ketones is 1. The number of halogens is 1. The minimum absolute atomic E-state index is 0.172. The number of anilines is 2. The minimum atomic E-state index is -1.08.